The Morgan fingerprint density at radius 3 is 2.68 bits per heavy atom. The van der Waals surface area contributed by atoms with E-state index in [0.717, 1.165) is 23.5 Å². The summed E-state index contributed by atoms with van der Waals surface area (Å²) in [5.74, 6) is 0.858. The summed E-state index contributed by atoms with van der Waals surface area (Å²) in [5, 5.41) is 0. The Morgan fingerprint density at radius 2 is 2.00 bits per heavy atom. The molecule has 0 spiro atoms. The number of hydrogen-bond donors (Lipinski definition) is 1. The molecule has 1 heterocycles. The lowest BCUT2D eigenvalue weighted by Gasteiger charge is -2.22. The maximum absolute atomic E-state index is 5.67. The zero-order valence-electron chi connectivity index (χ0n) is 11.9. The summed E-state index contributed by atoms with van der Waals surface area (Å²) in [7, 11) is 0. The van der Waals surface area contributed by atoms with E-state index in [1.54, 1.807) is 0 Å². The average molecular weight is 255 g/mol. The van der Waals surface area contributed by atoms with Crippen LogP contribution in [0.15, 0.2) is 36.5 Å². The Balaban J connectivity index is 2.40. The first-order valence-corrected chi connectivity index (χ1v) is 6.63. The second-order valence-corrected chi connectivity index (χ2v) is 5.56. The van der Waals surface area contributed by atoms with Gasteiger partial charge in [-0.2, -0.15) is 0 Å². The number of rotatable bonds is 4. The van der Waals surface area contributed by atoms with E-state index in [1.165, 1.54) is 5.56 Å². The molecule has 3 nitrogen and oxygen atoms in total. The molecule has 0 unspecified atom stereocenters. The van der Waals surface area contributed by atoms with Crippen molar-refractivity contribution in [3.8, 4) is 11.3 Å². The van der Waals surface area contributed by atoms with Gasteiger partial charge in [-0.3, -0.25) is 0 Å². The van der Waals surface area contributed by atoms with E-state index in [-0.39, 0.29) is 5.41 Å². The maximum Gasteiger partial charge on any atom is 0.134 e. The van der Waals surface area contributed by atoms with E-state index in [2.05, 4.69) is 50.0 Å². The van der Waals surface area contributed by atoms with Crippen LogP contribution in [0.3, 0.4) is 0 Å². The average Bonchev–Trinajstić information content (AvgIpc) is 2.39. The molecule has 0 fully saturated rings. The molecule has 0 saturated heterocycles. The molecule has 19 heavy (non-hydrogen) atoms. The molecule has 100 valence electrons. The van der Waals surface area contributed by atoms with Crippen LogP contribution >= 0.6 is 0 Å². The third kappa shape index (κ3) is 3.18. The quantitative estimate of drug-likeness (QED) is 0.913. The number of nitrogens with two attached hydrogens (primary N) is 1. The van der Waals surface area contributed by atoms with E-state index >= 15 is 0 Å². The molecule has 0 saturated carbocycles. The molecule has 0 aliphatic rings. The van der Waals surface area contributed by atoms with Crippen LogP contribution in [0.4, 0.5) is 0 Å². The largest absolute Gasteiger partial charge is 0.330 e. The second-order valence-electron chi connectivity index (χ2n) is 5.56. The fourth-order valence-corrected chi connectivity index (χ4v) is 2.12. The Hall–Kier alpha value is -1.74. The van der Waals surface area contributed by atoms with Gasteiger partial charge >= 0.3 is 0 Å². The molecule has 2 rings (SSSR count). The summed E-state index contributed by atoms with van der Waals surface area (Å²) in [5.41, 5.74) is 8.91. The Kier molecular flexibility index (Phi) is 3.96. The number of aromatic nitrogens is 2. The number of nitrogens with zero attached hydrogens (tertiary/aromatic N) is 2. The highest BCUT2D eigenvalue weighted by Crippen LogP contribution is 2.25. The minimum atomic E-state index is -0.0887. The van der Waals surface area contributed by atoms with E-state index in [9.17, 15) is 0 Å². The van der Waals surface area contributed by atoms with Crippen molar-refractivity contribution >= 4 is 0 Å². The van der Waals surface area contributed by atoms with Crippen LogP contribution in [-0.2, 0) is 5.41 Å². The van der Waals surface area contributed by atoms with Crippen LogP contribution < -0.4 is 5.73 Å². The van der Waals surface area contributed by atoms with Gasteiger partial charge in [-0.1, -0.05) is 37.6 Å². The van der Waals surface area contributed by atoms with E-state index in [4.69, 9.17) is 10.7 Å². The van der Waals surface area contributed by atoms with Gasteiger partial charge < -0.3 is 5.73 Å². The molecular formula is C16H21N3. The number of hydrogen-bond acceptors (Lipinski definition) is 3. The smallest absolute Gasteiger partial charge is 0.134 e. The van der Waals surface area contributed by atoms with Gasteiger partial charge in [0, 0.05) is 17.2 Å². The van der Waals surface area contributed by atoms with Crippen molar-refractivity contribution in [2.24, 2.45) is 5.73 Å². The van der Waals surface area contributed by atoms with Crippen molar-refractivity contribution in [3.05, 3.63) is 47.9 Å². The minimum absolute atomic E-state index is 0.0887. The van der Waals surface area contributed by atoms with Crippen LogP contribution in [0.25, 0.3) is 11.3 Å². The lowest BCUT2D eigenvalue weighted by Crippen LogP contribution is -2.24. The highest BCUT2D eigenvalue weighted by atomic mass is 14.9. The predicted octanol–water partition coefficient (Wildman–Crippen LogP) is 3.08. The number of aryl methyl sites for hydroxylation is 1. The van der Waals surface area contributed by atoms with Gasteiger partial charge in [-0.25, -0.2) is 9.97 Å². The van der Waals surface area contributed by atoms with E-state index in [0.29, 0.717) is 6.54 Å². The van der Waals surface area contributed by atoms with Gasteiger partial charge in [0.05, 0.1) is 5.69 Å². The first-order chi connectivity index (χ1) is 9.03. The minimum Gasteiger partial charge on any atom is -0.330 e. The van der Waals surface area contributed by atoms with Crippen molar-refractivity contribution in [1.82, 2.24) is 9.97 Å². The van der Waals surface area contributed by atoms with Gasteiger partial charge in [0.1, 0.15) is 5.82 Å². The summed E-state index contributed by atoms with van der Waals surface area (Å²) in [4.78, 5) is 9.12. The van der Waals surface area contributed by atoms with Crippen LogP contribution in [0.2, 0.25) is 0 Å². The molecule has 0 aliphatic carbocycles. The van der Waals surface area contributed by atoms with Gasteiger partial charge in [-0.15, -0.1) is 0 Å². The van der Waals surface area contributed by atoms with Crippen molar-refractivity contribution < 1.29 is 0 Å². The zero-order valence-corrected chi connectivity index (χ0v) is 11.9. The van der Waals surface area contributed by atoms with Crippen LogP contribution in [0, 0.1) is 6.92 Å². The predicted molar refractivity (Wildman–Crippen MR) is 78.9 cm³/mol. The fourth-order valence-electron chi connectivity index (χ4n) is 2.12. The van der Waals surface area contributed by atoms with Crippen LogP contribution in [-0.4, -0.2) is 16.5 Å². The lowest BCUT2D eigenvalue weighted by molar-refractivity contribution is 0.457. The van der Waals surface area contributed by atoms with Gasteiger partial charge in [0.25, 0.3) is 0 Å². The number of benzene rings is 1. The summed E-state index contributed by atoms with van der Waals surface area (Å²) >= 11 is 0. The third-order valence-electron chi connectivity index (χ3n) is 3.34. The fraction of sp³-hybridized carbons (Fsp3) is 0.375. The molecule has 0 bridgehead atoms. The monoisotopic (exact) mass is 255 g/mol. The lowest BCUT2D eigenvalue weighted by atomic mass is 9.88. The normalized spacial score (nSPS) is 11.6. The molecule has 0 radical (unpaired) electrons. The molecule has 2 aromatic rings. The van der Waals surface area contributed by atoms with Crippen molar-refractivity contribution in [2.75, 3.05) is 6.54 Å². The van der Waals surface area contributed by atoms with Crippen molar-refractivity contribution in [3.63, 3.8) is 0 Å². The van der Waals surface area contributed by atoms with Crippen molar-refractivity contribution in [2.45, 2.75) is 32.6 Å². The molecule has 0 aliphatic heterocycles. The Bertz CT molecular complexity index is 561. The highest BCUT2D eigenvalue weighted by molar-refractivity contribution is 5.59. The second kappa shape index (κ2) is 5.49. The summed E-state index contributed by atoms with van der Waals surface area (Å²) in [6.45, 7) is 7.00. The van der Waals surface area contributed by atoms with Gasteiger partial charge in [0.2, 0.25) is 0 Å². The first kappa shape index (κ1) is 13.7. The first-order valence-electron chi connectivity index (χ1n) is 6.63. The summed E-state index contributed by atoms with van der Waals surface area (Å²) in [6.07, 6.45) is 2.71. The third-order valence-corrected chi connectivity index (χ3v) is 3.34. The zero-order chi connectivity index (χ0) is 13.9. The summed E-state index contributed by atoms with van der Waals surface area (Å²) < 4.78 is 0. The molecule has 0 amide bonds. The molecule has 0 atom stereocenters. The molecule has 2 N–H and O–H groups in total. The SMILES string of the molecule is Cc1cccc(-c2ccnc(C(C)(C)CCN)n2)c1. The van der Waals surface area contributed by atoms with E-state index < -0.39 is 0 Å². The van der Waals surface area contributed by atoms with Gasteiger partial charge in [-0.05, 0) is 32.0 Å². The Morgan fingerprint density at radius 1 is 1.21 bits per heavy atom. The molecule has 1 aromatic heterocycles. The van der Waals surface area contributed by atoms with Gasteiger partial charge in [0.15, 0.2) is 0 Å². The standard InChI is InChI=1S/C16H21N3/c1-12-5-4-6-13(11-12)14-7-10-18-15(19-14)16(2,3)8-9-17/h4-7,10-11H,8-9,17H2,1-3H3. The Labute approximate surface area is 114 Å². The van der Waals surface area contributed by atoms with Crippen LogP contribution in [0.5, 0.6) is 0 Å². The van der Waals surface area contributed by atoms with E-state index in [1.807, 2.05) is 12.3 Å². The molecule has 3 heteroatoms. The maximum atomic E-state index is 5.67. The van der Waals surface area contributed by atoms with Crippen LogP contribution in [0.1, 0.15) is 31.7 Å². The topological polar surface area (TPSA) is 51.8 Å². The molecular weight excluding hydrogens is 234 g/mol. The summed E-state index contributed by atoms with van der Waals surface area (Å²) in [6, 6.07) is 10.3. The highest BCUT2D eigenvalue weighted by Gasteiger charge is 2.23. The molecule has 1 aromatic carbocycles. The van der Waals surface area contributed by atoms with Crippen molar-refractivity contribution in [1.29, 1.82) is 0 Å².